The molecule has 61 heavy (non-hydrogen) atoms. The Hall–Kier alpha value is -1.59. The van der Waals surface area contributed by atoms with Crippen LogP contribution in [0, 0.1) is 0 Å². The number of hydrogen-bond acceptors (Lipinski definition) is 8. The molecule has 9 nitrogen and oxygen atoms in total. The molecule has 0 aromatic heterocycles. The van der Waals surface area contributed by atoms with Gasteiger partial charge in [0.15, 0.2) is 6.29 Å². The normalized spacial score (nSPS) is 20.7. The molecule has 1 heterocycles. The van der Waals surface area contributed by atoms with Gasteiger partial charge in [-0.25, -0.2) is 0 Å². The number of carbonyl (C=O) groups is 1. The number of amides is 1. The highest BCUT2D eigenvalue weighted by Crippen LogP contribution is 2.23. The molecule has 1 fully saturated rings. The van der Waals surface area contributed by atoms with Gasteiger partial charge in [0.2, 0.25) is 5.91 Å². The topological polar surface area (TPSA) is 149 Å². The maximum Gasteiger partial charge on any atom is 0.220 e. The first-order chi connectivity index (χ1) is 29.8. The van der Waals surface area contributed by atoms with Crippen molar-refractivity contribution in [1.82, 2.24) is 5.32 Å². The van der Waals surface area contributed by atoms with Crippen molar-refractivity contribution in [3.63, 3.8) is 0 Å². The van der Waals surface area contributed by atoms with Gasteiger partial charge in [0.05, 0.1) is 25.4 Å². The maximum atomic E-state index is 13.0. The fourth-order valence-electron chi connectivity index (χ4n) is 8.05. The van der Waals surface area contributed by atoms with Gasteiger partial charge in [-0.3, -0.25) is 4.79 Å². The SMILES string of the molecule is CCCCCCCCCCCC/C=C/CC/C=C/C(O)C(COC1OC(CO)C(O)C(O)C1O)NC(=O)CCCCCCCCC/C=C\CCCCCCCCCCCCC. The molecule has 6 N–H and O–H groups in total. The summed E-state index contributed by atoms with van der Waals surface area (Å²) in [7, 11) is 0. The van der Waals surface area contributed by atoms with Crippen LogP contribution >= 0.6 is 0 Å². The smallest absolute Gasteiger partial charge is 0.220 e. The minimum Gasteiger partial charge on any atom is -0.394 e. The van der Waals surface area contributed by atoms with Crippen molar-refractivity contribution in [2.45, 2.75) is 275 Å². The molecule has 0 spiro atoms. The third-order valence-corrected chi connectivity index (χ3v) is 12.2. The molecule has 1 aliphatic rings. The Morgan fingerprint density at radius 1 is 0.541 bits per heavy atom. The predicted molar refractivity (Wildman–Crippen MR) is 253 cm³/mol. The molecule has 0 aliphatic carbocycles. The molecule has 7 atom stereocenters. The summed E-state index contributed by atoms with van der Waals surface area (Å²) in [5.41, 5.74) is 0. The lowest BCUT2D eigenvalue weighted by molar-refractivity contribution is -0.302. The first-order valence-corrected chi connectivity index (χ1v) is 25.7. The van der Waals surface area contributed by atoms with Crippen LogP contribution in [0.15, 0.2) is 36.5 Å². The van der Waals surface area contributed by atoms with Crippen molar-refractivity contribution in [3.05, 3.63) is 36.5 Å². The lowest BCUT2D eigenvalue weighted by Crippen LogP contribution is -2.60. The van der Waals surface area contributed by atoms with Gasteiger partial charge in [-0.1, -0.05) is 204 Å². The van der Waals surface area contributed by atoms with Gasteiger partial charge in [-0.2, -0.15) is 0 Å². The first-order valence-electron chi connectivity index (χ1n) is 25.7. The molecule has 1 aliphatic heterocycles. The second-order valence-corrected chi connectivity index (χ2v) is 18.0. The number of ether oxygens (including phenoxy) is 2. The molecule has 0 bridgehead atoms. The van der Waals surface area contributed by atoms with E-state index in [0.717, 1.165) is 51.4 Å². The molecule has 1 saturated heterocycles. The number of aliphatic hydroxyl groups excluding tert-OH is 5. The molecule has 9 heteroatoms. The molecular weight excluding hydrogens is 767 g/mol. The van der Waals surface area contributed by atoms with E-state index in [1.54, 1.807) is 6.08 Å². The van der Waals surface area contributed by atoms with Crippen LogP contribution in [-0.4, -0.2) is 87.5 Å². The second-order valence-electron chi connectivity index (χ2n) is 18.0. The zero-order chi connectivity index (χ0) is 44.4. The molecule has 358 valence electrons. The molecule has 0 saturated carbocycles. The van der Waals surface area contributed by atoms with Gasteiger partial charge < -0.3 is 40.3 Å². The average Bonchev–Trinajstić information content (AvgIpc) is 3.26. The Kier molecular flexibility index (Phi) is 39.9. The number of hydrogen-bond donors (Lipinski definition) is 6. The monoisotopic (exact) mass is 864 g/mol. The number of unbranched alkanes of at least 4 members (excludes halogenated alkanes) is 29. The van der Waals surface area contributed by atoms with Crippen LogP contribution in [-0.2, 0) is 14.3 Å². The lowest BCUT2D eigenvalue weighted by Gasteiger charge is -2.40. The predicted octanol–water partition coefficient (Wildman–Crippen LogP) is 11.6. The van der Waals surface area contributed by atoms with Gasteiger partial charge in [0, 0.05) is 6.42 Å². The third-order valence-electron chi connectivity index (χ3n) is 12.2. The summed E-state index contributed by atoms with van der Waals surface area (Å²) < 4.78 is 11.2. The van der Waals surface area contributed by atoms with Crippen molar-refractivity contribution in [3.8, 4) is 0 Å². The summed E-state index contributed by atoms with van der Waals surface area (Å²) in [4.78, 5) is 13.0. The highest BCUT2D eigenvalue weighted by molar-refractivity contribution is 5.76. The molecule has 0 aromatic carbocycles. The van der Waals surface area contributed by atoms with Crippen LogP contribution in [0.4, 0.5) is 0 Å². The van der Waals surface area contributed by atoms with Crippen LogP contribution in [0.5, 0.6) is 0 Å². The molecule has 0 aromatic rings. The van der Waals surface area contributed by atoms with Crippen LogP contribution in [0.2, 0.25) is 0 Å². The zero-order valence-corrected chi connectivity index (χ0v) is 39.4. The van der Waals surface area contributed by atoms with Crippen molar-refractivity contribution >= 4 is 5.91 Å². The molecule has 0 radical (unpaired) electrons. The Morgan fingerprint density at radius 2 is 0.934 bits per heavy atom. The van der Waals surface area contributed by atoms with Gasteiger partial charge in [0.25, 0.3) is 0 Å². The van der Waals surface area contributed by atoms with Gasteiger partial charge in [-0.15, -0.1) is 0 Å². The van der Waals surface area contributed by atoms with E-state index in [-0.39, 0.29) is 12.5 Å². The number of carbonyl (C=O) groups excluding carboxylic acids is 1. The molecule has 7 unspecified atom stereocenters. The lowest BCUT2D eigenvalue weighted by atomic mass is 9.99. The van der Waals surface area contributed by atoms with Crippen LogP contribution in [0.1, 0.15) is 232 Å². The Labute approximate surface area is 374 Å². The number of rotatable bonds is 43. The minimum absolute atomic E-state index is 0.190. The number of allylic oxidation sites excluding steroid dienone is 5. The number of nitrogens with one attached hydrogen (secondary N) is 1. The van der Waals surface area contributed by atoms with Crippen molar-refractivity contribution in [2.75, 3.05) is 13.2 Å². The van der Waals surface area contributed by atoms with Crippen LogP contribution in [0.3, 0.4) is 0 Å². The quantitative estimate of drug-likeness (QED) is 0.0262. The number of aliphatic hydroxyl groups is 5. The zero-order valence-electron chi connectivity index (χ0n) is 39.4. The average molecular weight is 864 g/mol. The third kappa shape index (κ3) is 32.7. The summed E-state index contributed by atoms with van der Waals surface area (Å²) in [5, 5.41) is 54.3. The highest BCUT2D eigenvalue weighted by atomic mass is 16.7. The van der Waals surface area contributed by atoms with E-state index >= 15 is 0 Å². The van der Waals surface area contributed by atoms with E-state index in [9.17, 15) is 30.3 Å². The van der Waals surface area contributed by atoms with E-state index in [4.69, 9.17) is 9.47 Å². The van der Waals surface area contributed by atoms with Crippen LogP contribution < -0.4 is 5.32 Å². The van der Waals surface area contributed by atoms with Crippen molar-refractivity contribution < 1.29 is 39.8 Å². The Morgan fingerprint density at radius 3 is 1.38 bits per heavy atom. The summed E-state index contributed by atoms with van der Waals surface area (Å²) >= 11 is 0. The molecule has 1 rings (SSSR count). The van der Waals surface area contributed by atoms with Crippen molar-refractivity contribution in [2.24, 2.45) is 0 Å². The van der Waals surface area contributed by atoms with Gasteiger partial charge in [0.1, 0.15) is 24.4 Å². The maximum absolute atomic E-state index is 13.0. The van der Waals surface area contributed by atoms with Gasteiger partial charge >= 0.3 is 0 Å². The standard InChI is InChI=1S/C52H97NO8/c1-3-5-7-9-11-13-15-17-19-21-22-23-24-25-26-28-30-32-34-36-38-40-42-48(56)53-45(44-60-52-51(59)50(58)49(57)47(43-54)61-52)46(55)41-39-37-35-33-31-29-27-20-18-16-14-12-10-8-6-4-2/h24-25,31,33,39,41,45-47,49-52,54-55,57-59H,3-23,26-30,32,34-38,40,42-44H2,1-2H3,(H,53,56)/b25-24-,33-31+,41-39+. The van der Waals surface area contributed by atoms with E-state index in [2.05, 4.69) is 43.5 Å². The summed E-state index contributed by atoms with van der Waals surface area (Å²) in [6, 6.07) is -0.822. The highest BCUT2D eigenvalue weighted by Gasteiger charge is 2.44. The van der Waals surface area contributed by atoms with Crippen molar-refractivity contribution in [1.29, 1.82) is 0 Å². The summed E-state index contributed by atoms with van der Waals surface area (Å²) in [5.74, 6) is -0.190. The summed E-state index contributed by atoms with van der Waals surface area (Å²) in [6.07, 6.45) is 46.2. The van der Waals surface area contributed by atoms with E-state index in [1.807, 2.05) is 6.08 Å². The first kappa shape index (κ1) is 57.4. The van der Waals surface area contributed by atoms with E-state index in [1.165, 1.54) is 161 Å². The largest absolute Gasteiger partial charge is 0.394 e. The van der Waals surface area contributed by atoms with E-state index in [0.29, 0.717) is 6.42 Å². The fraction of sp³-hybridized carbons (Fsp3) is 0.865. The van der Waals surface area contributed by atoms with Crippen LogP contribution in [0.25, 0.3) is 0 Å². The summed E-state index contributed by atoms with van der Waals surface area (Å²) in [6.45, 7) is 3.77. The molecular formula is C52H97NO8. The molecule has 1 amide bonds. The van der Waals surface area contributed by atoms with E-state index < -0.39 is 49.5 Å². The van der Waals surface area contributed by atoms with Gasteiger partial charge in [-0.05, 0) is 57.8 Å². The Bertz CT molecular complexity index is 1050. The Balaban J connectivity index is 2.30. The second kappa shape index (κ2) is 42.4. The fourth-order valence-corrected chi connectivity index (χ4v) is 8.05. The minimum atomic E-state index is -1.57.